The van der Waals surface area contributed by atoms with Crippen LogP contribution in [0.3, 0.4) is 0 Å². The van der Waals surface area contributed by atoms with Gasteiger partial charge in [0, 0.05) is 27.1 Å². The third-order valence-corrected chi connectivity index (χ3v) is 9.04. The Morgan fingerprint density at radius 2 is 1.63 bits per heavy atom. The van der Waals surface area contributed by atoms with E-state index in [1.165, 1.54) is 34.4 Å². The standard InChI is InChI=1S/C35H29N3O5S3/c1-2-43-35(42)31-28(24-10-5-3-6-11-24)21-46-34(31)38-30(39)22-45-27-15-9-14-26(19-27)36-33(41)29(18-23-16-17-44-20-23)37-32(40)25-12-7-4-8-13-25/h3-21H,2,22H2,1H3,(H,36,41)(H,37,40)(H,38,39)/b29-18-. The number of benzene rings is 3. The van der Waals surface area contributed by atoms with Gasteiger partial charge in [-0.2, -0.15) is 11.3 Å². The molecule has 11 heteroatoms. The Labute approximate surface area is 278 Å². The molecule has 0 saturated carbocycles. The summed E-state index contributed by atoms with van der Waals surface area (Å²) in [5.41, 5.74) is 3.67. The van der Waals surface area contributed by atoms with Crippen LogP contribution < -0.4 is 16.0 Å². The third-order valence-electron chi connectivity index (χ3n) is 6.45. The van der Waals surface area contributed by atoms with Gasteiger partial charge in [0.1, 0.15) is 16.3 Å². The zero-order valence-electron chi connectivity index (χ0n) is 24.6. The van der Waals surface area contributed by atoms with E-state index in [2.05, 4.69) is 16.0 Å². The average molecular weight is 668 g/mol. The van der Waals surface area contributed by atoms with E-state index in [9.17, 15) is 19.2 Å². The fourth-order valence-electron chi connectivity index (χ4n) is 4.33. The maximum absolute atomic E-state index is 13.3. The van der Waals surface area contributed by atoms with E-state index in [0.29, 0.717) is 27.4 Å². The lowest BCUT2D eigenvalue weighted by Crippen LogP contribution is -2.30. The number of thioether (sulfide) groups is 1. The summed E-state index contributed by atoms with van der Waals surface area (Å²) in [6.07, 6.45) is 1.62. The zero-order chi connectivity index (χ0) is 32.3. The summed E-state index contributed by atoms with van der Waals surface area (Å²) in [4.78, 5) is 52.7. The van der Waals surface area contributed by atoms with Crippen molar-refractivity contribution < 1.29 is 23.9 Å². The minimum atomic E-state index is -0.499. The summed E-state index contributed by atoms with van der Waals surface area (Å²) in [5, 5.41) is 14.5. The van der Waals surface area contributed by atoms with Crippen molar-refractivity contribution >= 4 is 74.9 Å². The molecule has 5 aromatic rings. The molecule has 0 fully saturated rings. The molecular formula is C35H29N3O5S3. The number of thiophene rings is 2. The number of ether oxygens (including phenoxy) is 1. The first-order valence-corrected chi connectivity index (χ1v) is 17.0. The summed E-state index contributed by atoms with van der Waals surface area (Å²) in [6, 6.07) is 27.0. The number of anilines is 2. The number of hydrogen-bond acceptors (Lipinski definition) is 8. The normalized spacial score (nSPS) is 11.0. The van der Waals surface area contributed by atoms with Gasteiger partial charge in [0.15, 0.2) is 0 Å². The Morgan fingerprint density at radius 1 is 0.870 bits per heavy atom. The highest BCUT2D eigenvalue weighted by Gasteiger charge is 2.23. The first-order chi connectivity index (χ1) is 22.4. The van der Waals surface area contributed by atoms with Gasteiger partial charge in [-0.15, -0.1) is 23.1 Å². The maximum atomic E-state index is 13.3. The molecule has 2 aromatic heterocycles. The Bertz CT molecular complexity index is 1850. The van der Waals surface area contributed by atoms with Crippen LogP contribution in [0.5, 0.6) is 0 Å². The number of esters is 1. The number of carbonyl (C=O) groups is 4. The summed E-state index contributed by atoms with van der Waals surface area (Å²) >= 11 is 4.03. The summed E-state index contributed by atoms with van der Waals surface area (Å²) in [6.45, 7) is 1.95. The minimum absolute atomic E-state index is 0.0642. The molecule has 46 heavy (non-hydrogen) atoms. The average Bonchev–Trinajstić information content (AvgIpc) is 3.75. The van der Waals surface area contributed by atoms with Crippen molar-refractivity contribution in [1.29, 1.82) is 0 Å². The van der Waals surface area contributed by atoms with Crippen LogP contribution in [0.2, 0.25) is 0 Å². The summed E-state index contributed by atoms with van der Waals surface area (Å²) < 4.78 is 5.28. The Morgan fingerprint density at radius 3 is 2.35 bits per heavy atom. The van der Waals surface area contributed by atoms with Crippen molar-refractivity contribution in [3.8, 4) is 11.1 Å². The van der Waals surface area contributed by atoms with Crippen molar-refractivity contribution in [2.75, 3.05) is 23.0 Å². The van der Waals surface area contributed by atoms with Crippen LogP contribution in [-0.4, -0.2) is 36.1 Å². The quantitative estimate of drug-likeness (QED) is 0.0711. The van der Waals surface area contributed by atoms with Crippen molar-refractivity contribution in [2.45, 2.75) is 11.8 Å². The second-order valence-corrected chi connectivity index (χ2v) is 12.4. The Kier molecular flexibility index (Phi) is 11.2. The SMILES string of the molecule is CCOC(=O)c1c(-c2ccccc2)csc1NC(=O)CSc1cccc(NC(=O)/C(=C/c2ccsc2)NC(=O)c2ccccc2)c1. The predicted octanol–water partition coefficient (Wildman–Crippen LogP) is 7.79. The molecule has 232 valence electrons. The second kappa shape index (κ2) is 15.8. The fraction of sp³-hybridized carbons (Fsp3) is 0.0857. The summed E-state index contributed by atoms with van der Waals surface area (Å²) in [7, 11) is 0. The van der Waals surface area contributed by atoms with Crippen LogP contribution in [0, 0.1) is 0 Å². The van der Waals surface area contributed by atoms with Gasteiger partial charge in [-0.25, -0.2) is 4.79 Å². The van der Waals surface area contributed by atoms with Gasteiger partial charge in [0.25, 0.3) is 11.8 Å². The number of rotatable bonds is 12. The van der Waals surface area contributed by atoms with Gasteiger partial charge in [0.05, 0.1) is 12.4 Å². The maximum Gasteiger partial charge on any atom is 0.341 e. The molecule has 3 N–H and O–H groups in total. The largest absolute Gasteiger partial charge is 0.462 e. The van der Waals surface area contributed by atoms with Gasteiger partial charge in [-0.05, 0) is 71.3 Å². The van der Waals surface area contributed by atoms with Crippen LogP contribution in [0.1, 0.15) is 33.2 Å². The van der Waals surface area contributed by atoms with Crippen molar-refractivity contribution in [2.24, 2.45) is 0 Å². The molecule has 2 heterocycles. The van der Waals surface area contributed by atoms with Gasteiger partial charge >= 0.3 is 5.97 Å². The Hall–Kier alpha value is -4.97. The van der Waals surface area contributed by atoms with E-state index in [1.807, 2.05) is 64.7 Å². The molecule has 8 nitrogen and oxygen atoms in total. The lowest BCUT2D eigenvalue weighted by Gasteiger charge is -2.12. The smallest absolute Gasteiger partial charge is 0.341 e. The highest BCUT2D eigenvalue weighted by Crippen LogP contribution is 2.36. The van der Waals surface area contributed by atoms with Crippen molar-refractivity contribution in [3.63, 3.8) is 0 Å². The molecule has 0 atom stereocenters. The minimum Gasteiger partial charge on any atom is -0.462 e. The van der Waals surface area contributed by atoms with Gasteiger partial charge in [0.2, 0.25) is 5.91 Å². The molecule has 0 aliphatic heterocycles. The molecule has 3 amide bonds. The fourth-order valence-corrected chi connectivity index (χ4v) is 6.67. The van der Waals surface area contributed by atoms with Crippen LogP contribution in [0.4, 0.5) is 10.7 Å². The topological polar surface area (TPSA) is 114 Å². The van der Waals surface area contributed by atoms with E-state index in [-0.39, 0.29) is 24.0 Å². The second-order valence-electron chi connectivity index (χ2n) is 9.69. The lowest BCUT2D eigenvalue weighted by molar-refractivity contribution is -0.114. The first kappa shape index (κ1) is 32.4. The van der Waals surface area contributed by atoms with Gasteiger partial charge in [-0.1, -0.05) is 54.6 Å². The highest BCUT2D eigenvalue weighted by atomic mass is 32.2. The molecule has 0 spiro atoms. The number of amides is 3. The molecule has 0 unspecified atom stereocenters. The van der Waals surface area contributed by atoms with E-state index in [0.717, 1.165) is 16.0 Å². The monoisotopic (exact) mass is 667 g/mol. The highest BCUT2D eigenvalue weighted by molar-refractivity contribution is 8.00. The van der Waals surface area contributed by atoms with Crippen LogP contribution in [0.15, 0.2) is 118 Å². The van der Waals surface area contributed by atoms with E-state index in [4.69, 9.17) is 4.74 Å². The summed E-state index contributed by atoms with van der Waals surface area (Å²) in [5.74, 6) is -1.62. The number of hydrogen-bond donors (Lipinski definition) is 3. The molecule has 0 bridgehead atoms. The van der Waals surface area contributed by atoms with Crippen LogP contribution in [0.25, 0.3) is 17.2 Å². The van der Waals surface area contributed by atoms with Crippen molar-refractivity contribution in [1.82, 2.24) is 5.32 Å². The molecule has 0 aliphatic rings. The van der Waals surface area contributed by atoms with E-state index in [1.54, 1.807) is 55.5 Å². The van der Waals surface area contributed by atoms with Crippen molar-refractivity contribution in [3.05, 3.63) is 130 Å². The molecule has 0 saturated heterocycles. The van der Waals surface area contributed by atoms with Crippen LogP contribution >= 0.6 is 34.4 Å². The first-order valence-electron chi connectivity index (χ1n) is 14.2. The van der Waals surface area contributed by atoms with Gasteiger partial charge in [-0.3, -0.25) is 14.4 Å². The van der Waals surface area contributed by atoms with E-state index < -0.39 is 17.8 Å². The number of nitrogens with one attached hydrogen (secondary N) is 3. The lowest BCUT2D eigenvalue weighted by atomic mass is 10.0. The zero-order valence-corrected chi connectivity index (χ0v) is 27.1. The van der Waals surface area contributed by atoms with Crippen LogP contribution in [-0.2, 0) is 14.3 Å². The van der Waals surface area contributed by atoms with E-state index >= 15 is 0 Å². The molecule has 5 rings (SSSR count). The predicted molar refractivity (Wildman–Crippen MR) is 186 cm³/mol. The number of carbonyl (C=O) groups excluding carboxylic acids is 4. The molecule has 0 radical (unpaired) electrons. The molecular weight excluding hydrogens is 639 g/mol. The molecule has 3 aromatic carbocycles. The third kappa shape index (κ3) is 8.60. The molecule has 0 aliphatic carbocycles. The Balaban J connectivity index is 1.25. The van der Waals surface area contributed by atoms with Gasteiger partial charge < -0.3 is 20.7 Å².